The first-order valence-electron chi connectivity index (χ1n) is 8.20. The van der Waals surface area contributed by atoms with Gasteiger partial charge in [-0.3, -0.25) is 4.90 Å². The number of hydrogen-bond acceptors (Lipinski definition) is 3. The number of nitrogens with zero attached hydrogens (tertiary/aromatic N) is 3. The molecular weight excluding hydrogens is 310 g/mol. The van der Waals surface area contributed by atoms with Crippen LogP contribution < -0.4 is 0 Å². The van der Waals surface area contributed by atoms with E-state index in [1.807, 2.05) is 0 Å². The molecule has 0 N–H and O–H groups in total. The molecule has 5 nitrogen and oxygen atoms in total. The van der Waals surface area contributed by atoms with Crippen LogP contribution in [-0.2, 0) is 10.2 Å². The molecular formula is C14H26ClN3O2S. The van der Waals surface area contributed by atoms with Crippen LogP contribution in [0.3, 0.4) is 0 Å². The molecule has 0 saturated carbocycles. The van der Waals surface area contributed by atoms with E-state index in [2.05, 4.69) is 4.90 Å². The summed E-state index contributed by atoms with van der Waals surface area (Å²) in [6.07, 6.45) is 6.54. The highest BCUT2D eigenvalue weighted by molar-refractivity contribution is 7.86. The lowest BCUT2D eigenvalue weighted by Crippen LogP contribution is -2.60. The molecule has 0 aromatic rings. The summed E-state index contributed by atoms with van der Waals surface area (Å²) in [7, 11) is -3.34. The van der Waals surface area contributed by atoms with E-state index < -0.39 is 10.2 Å². The molecule has 3 aliphatic heterocycles. The molecule has 0 aliphatic carbocycles. The van der Waals surface area contributed by atoms with E-state index >= 15 is 0 Å². The standard InChI is InChI=1S/C14H26ClN3O2S/c15-11-13-5-2-4-8-18(13)21(19,20)17-10-9-16-7-3-1-6-14(16)12-17/h13-14H,1-12H2. The number of fused-ring (bicyclic) bond motifs is 1. The molecule has 0 bridgehead atoms. The summed E-state index contributed by atoms with van der Waals surface area (Å²) < 4.78 is 29.3. The van der Waals surface area contributed by atoms with Gasteiger partial charge in [-0.25, -0.2) is 0 Å². The van der Waals surface area contributed by atoms with Crippen LogP contribution in [0.5, 0.6) is 0 Å². The minimum Gasteiger partial charge on any atom is -0.298 e. The molecule has 122 valence electrons. The van der Waals surface area contributed by atoms with E-state index in [0.717, 1.165) is 38.8 Å². The number of piperazine rings is 1. The number of alkyl halides is 1. The Bertz CT molecular complexity index is 459. The Labute approximate surface area is 133 Å². The summed E-state index contributed by atoms with van der Waals surface area (Å²) in [6.45, 7) is 3.93. The number of hydrogen-bond donors (Lipinski definition) is 0. The Morgan fingerprint density at radius 3 is 2.52 bits per heavy atom. The van der Waals surface area contributed by atoms with Crippen molar-refractivity contribution in [1.82, 2.24) is 13.5 Å². The van der Waals surface area contributed by atoms with E-state index in [4.69, 9.17) is 11.6 Å². The van der Waals surface area contributed by atoms with Gasteiger partial charge in [-0.1, -0.05) is 12.8 Å². The molecule has 7 heteroatoms. The van der Waals surface area contributed by atoms with Crippen LogP contribution in [0.1, 0.15) is 38.5 Å². The summed E-state index contributed by atoms with van der Waals surface area (Å²) in [4.78, 5) is 2.46. The van der Waals surface area contributed by atoms with Gasteiger partial charge < -0.3 is 0 Å². The van der Waals surface area contributed by atoms with Gasteiger partial charge in [-0.05, 0) is 32.2 Å². The van der Waals surface area contributed by atoms with Crippen LogP contribution in [0, 0.1) is 0 Å². The Morgan fingerprint density at radius 1 is 0.952 bits per heavy atom. The first-order valence-corrected chi connectivity index (χ1v) is 10.1. The third kappa shape index (κ3) is 3.24. The van der Waals surface area contributed by atoms with Crippen LogP contribution in [0.15, 0.2) is 0 Å². The monoisotopic (exact) mass is 335 g/mol. The fourth-order valence-corrected chi connectivity index (χ4v) is 6.21. The Kier molecular flexibility index (Phi) is 5.11. The van der Waals surface area contributed by atoms with Gasteiger partial charge in [0.2, 0.25) is 0 Å². The van der Waals surface area contributed by atoms with Crippen LogP contribution in [0.2, 0.25) is 0 Å². The highest BCUT2D eigenvalue weighted by atomic mass is 35.5. The van der Waals surface area contributed by atoms with Crippen molar-refractivity contribution in [2.75, 3.05) is 38.6 Å². The minimum atomic E-state index is -3.34. The molecule has 0 aromatic heterocycles. The summed E-state index contributed by atoms with van der Waals surface area (Å²) in [5, 5.41) is 0. The van der Waals surface area contributed by atoms with Gasteiger partial charge in [0, 0.05) is 44.1 Å². The fourth-order valence-electron chi connectivity index (χ4n) is 3.92. The zero-order valence-corrected chi connectivity index (χ0v) is 14.2. The lowest BCUT2D eigenvalue weighted by Gasteiger charge is -2.45. The molecule has 2 unspecified atom stereocenters. The maximum atomic E-state index is 13.0. The van der Waals surface area contributed by atoms with Gasteiger partial charge in [0.1, 0.15) is 0 Å². The van der Waals surface area contributed by atoms with E-state index in [1.165, 1.54) is 12.8 Å². The van der Waals surface area contributed by atoms with E-state index in [-0.39, 0.29) is 6.04 Å². The van der Waals surface area contributed by atoms with Crippen molar-refractivity contribution in [2.45, 2.75) is 50.6 Å². The highest BCUT2D eigenvalue weighted by Crippen LogP contribution is 2.27. The maximum absolute atomic E-state index is 13.0. The quantitative estimate of drug-likeness (QED) is 0.734. The molecule has 21 heavy (non-hydrogen) atoms. The predicted octanol–water partition coefficient (Wildman–Crippen LogP) is 1.49. The fraction of sp³-hybridized carbons (Fsp3) is 1.00. The lowest BCUT2D eigenvalue weighted by atomic mass is 10.0. The normalized spacial score (nSPS) is 33.8. The van der Waals surface area contributed by atoms with Crippen LogP contribution in [0.25, 0.3) is 0 Å². The zero-order chi connectivity index (χ0) is 14.9. The molecule has 3 heterocycles. The first-order chi connectivity index (χ1) is 10.1. The van der Waals surface area contributed by atoms with Crippen molar-refractivity contribution in [3.63, 3.8) is 0 Å². The molecule has 3 fully saturated rings. The summed E-state index contributed by atoms with van der Waals surface area (Å²) >= 11 is 6.00. The number of piperidine rings is 2. The predicted molar refractivity (Wildman–Crippen MR) is 84.8 cm³/mol. The topological polar surface area (TPSA) is 43.9 Å². The summed E-state index contributed by atoms with van der Waals surface area (Å²) in [6, 6.07) is 0.399. The average Bonchev–Trinajstić information content (AvgIpc) is 2.54. The van der Waals surface area contributed by atoms with Gasteiger partial charge in [0.15, 0.2) is 0 Å². The van der Waals surface area contributed by atoms with Crippen molar-refractivity contribution in [1.29, 1.82) is 0 Å². The van der Waals surface area contributed by atoms with Gasteiger partial charge in [-0.2, -0.15) is 17.0 Å². The largest absolute Gasteiger partial charge is 0.298 e. The number of rotatable bonds is 3. The SMILES string of the molecule is O=S(=O)(N1CCN2CCCCC2C1)N1CCCCC1CCl. The summed E-state index contributed by atoms with van der Waals surface area (Å²) in [5.41, 5.74) is 0. The molecule has 3 saturated heterocycles. The summed E-state index contributed by atoms with van der Waals surface area (Å²) in [5.74, 6) is 0.405. The van der Waals surface area contributed by atoms with Crippen molar-refractivity contribution < 1.29 is 8.42 Å². The molecule has 3 aliphatic rings. The van der Waals surface area contributed by atoms with Crippen LogP contribution in [0.4, 0.5) is 0 Å². The highest BCUT2D eigenvalue weighted by Gasteiger charge is 2.40. The molecule has 0 spiro atoms. The van der Waals surface area contributed by atoms with Crippen LogP contribution >= 0.6 is 11.6 Å². The molecule has 0 aromatic carbocycles. The third-order valence-electron chi connectivity index (χ3n) is 5.17. The Hall–Kier alpha value is 0.120. The Balaban J connectivity index is 1.72. The molecule has 2 atom stereocenters. The van der Waals surface area contributed by atoms with E-state index in [9.17, 15) is 8.42 Å². The average molecular weight is 336 g/mol. The van der Waals surface area contributed by atoms with E-state index in [1.54, 1.807) is 8.61 Å². The second-order valence-corrected chi connectivity index (χ2v) is 8.66. The maximum Gasteiger partial charge on any atom is 0.282 e. The van der Waals surface area contributed by atoms with Crippen LogP contribution in [-0.4, -0.2) is 72.6 Å². The van der Waals surface area contributed by atoms with Crippen molar-refractivity contribution in [3.8, 4) is 0 Å². The van der Waals surface area contributed by atoms with Gasteiger partial charge in [0.05, 0.1) is 0 Å². The minimum absolute atomic E-state index is 0.0187. The van der Waals surface area contributed by atoms with Gasteiger partial charge >= 0.3 is 0 Å². The molecule has 0 radical (unpaired) electrons. The zero-order valence-electron chi connectivity index (χ0n) is 12.6. The second kappa shape index (κ2) is 6.71. The first kappa shape index (κ1) is 16.0. The van der Waals surface area contributed by atoms with Gasteiger partial charge in [-0.15, -0.1) is 11.6 Å². The smallest absolute Gasteiger partial charge is 0.282 e. The second-order valence-electron chi connectivity index (χ2n) is 6.47. The van der Waals surface area contributed by atoms with Crippen molar-refractivity contribution in [2.24, 2.45) is 0 Å². The lowest BCUT2D eigenvalue weighted by molar-refractivity contribution is 0.0804. The van der Waals surface area contributed by atoms with Crippen molar-refractivity contribution in [3.05, 3.63) is 0 Å². The van der Waals surface area contributed by atoms with Gasteiger partial charge in [0.25, 0.3) is 10.2 Å². The van der Waals surface area contributed by atoms with E-state index in [0.29, 0.717) is 31.6 Å². The Morgan fingerprint density at radius 2 is 1.71 bits per heavy atom. The van der Waals surface area contributed by atoms with Crippen molar-refractivity contribution >= 4 is 21.8 Å². The third-order valence-corrected chi connectivity index (χ3v) is 7.59. The number of halogens is 1. The molecule has 0 amide bonds. The molecule has 3 rings (SSSR count).